The van der Waals surface area contributed by atoms with Gasteiger partial charge in [0.25, 0.3) is 0 Å². The number of nitrogens with one attached hydrogen (secondary N) is 2. The van der Waals surface area contributed by atoms with Crippen molar-refractivity contribution in [1.82, 2.24) is 0 Å². The van der Waals surface area contributed by atoms with Gasteiger partial charge in [-0.15, -0.1) is 0 Å². The first-order valence-corrected chi connectivity index (χ1v) is 12.9. The Bertz CT molecular complexity index is 1180. The van der Waals surface area contributed by atoms with Crippen molar-refractivity contribution in [2.24, 2.45) is 22.7 Å². The molecule has 0 aromatic heterocycles. The molecule has 0 bridgehead atoms. The van der Waals surface area contributed by atoms with Crippen LogP contribution in [-0.4, -0.2) is 0 Å². The minimum absolute atomic E-state index is 0.0638. The van der Waals surface area contributed by atoms with Gasteiger partial charge in [0, 0.05) is 28.7 Å². The van der Waals surface area contributed by atoms with Crippen LogP contribution in [0, 0.1) is 22.7 Å². The second-order valence-electron chi connectivity index (χ2n) is 12.5. The van der Waals surface area contributed by atoms with Crippen LogP contribution in [0.1, 0.15) is 65.5 Å². The average Bonchev–Trinajstić information content (AvgIpc) is 3.06. The van der Waals surface area contributed by atoms with Gasteiger partial charge in [0.15, 0.2) is 0 Å². The highest BCUT2D eigenvalue weighted by Crippen LogP contribution is 2.55. The molecule has 2 aromatic rings. The summed E-state index contributed by atoms with van der Waals surface area (Å²) in [5.41, 5.74) is 8.53. The van der Waals surface area contributed by atoms with Gasteiger partial charge in [0.05, 0.1) is 0 Å². The van der Waals surface area contributed by atoms with Gasteiger partial charge in [-0.3, -0.25) is 0 Å². The quantitative estimate of drug-likeness (QED) is 0.486. The minimum Gasteiger partial charge on any atom is -0.362 e. The Labute approximate surface area is 206 Å². The topological polar surface area (TPSA) is 24.1 Å². The number of allylic oxidation sites excluding steroid dienone is 4. The summed E-state index contributed by atoms with van der Waals surface area (Å²) in [6.07, 6.45) is 13.1. The number of benzene rings is 2. The van der Waals surface area contributed by atoms with E-state index < -0.39 is 0 Å². The Kier molecular flexibility index (Phi) is 5.54. The minimum atomic E-state index is 0.0638. The Morgan fingerprint density at radius 1 is 0.824 bits per heavy atom. The Morgan fingerprint density at radius 2 is 1.53 bits per heavy atom. The lowest BCUT2D eigenvalue weighted by Crippen LogP contribution is -2.43. The third kappa shape index (κ3) is 4.13. The smallest absolute Gasteiger partial charge is 0.0404 e. The van der Waals surface area contributed by atoms with Gasteiger partial charge in [0.2, 0.25) is 0 Å². The summed E-state index contributed by atoms with van der Waals surface area (Å²) in [6, 6.07) is 17.5. The number of hydrogen-bond donors (Lipinski definition) is 2. The molecule has 0 heterocycles. The summed E-state index contributed by atoms with van der Waals surface area (Å²) < 4.78 is 0. The van der Waals surface area contributed by atoms with E-state index >= 15 is 0 Å². The molecule has 1 fully saturated rings. The van der Waals surface area contributed by atoms with Crippen molar-refractivity contribution in [3.63, 3.8) is 0 Å². The normalized spacial score (nSPS) is 27.0. The summed E-state index contributed by atoms with van der Waals surface area (Å²) in [5, 5.41) is 7.28. The lowest BCUT2D eigenvalue weighted by Gasteiger charge is -2.51. The molecule has 34 heavy (non-hydrogen) atoms. The van der Waals surface area contributed by atoms with E-state index in [1.807, 2.05) is 0 Å². The predicted octanol–water partition coefficient (Wildman–Crippen LogP) is 8.46. The first-order valence-electron chi connectivity index (χ1n) is 12.9. The largest absolute Gasteiger partial charge is 0.362 e. The fraction of sp³-hybridized carbons (Fsp3) is 0.438. The lowest BCUT2D eigenvalue weighted by atomic mass is 9.53. The van der Waals surface area contributed by atoms with Crippen molar-refractivity contribution >= 4 is 11.4 Å². The van der Waals surface area contributed by atoms with Crippen LogP contribution in [0.15, 0.2) is 84.2 Å². The van der Waals surface area contributed by atoms with Crippen LogP contribution < -0.4 is 10.6 Å². The van der Waals surface area contributed by atoms with Crippen molar-refractivity contribution < 1.29 is 0 Å². The molecule has 2 aromatic carbocycles. The SMILES string of the molecule is CC1(C)/C(=C\Nc2cccc(NC3=CC4C(C=C3)C(C)(C)CCC4(C)C)c2)Cc2ccccc21. The number of anilines is 2. The molecular weight excluding hydrogens is 412 g/mol. The van der Waals surface area contributed by atoms with E-state index in [1.54, 1.807) is 0 Å². The van der Waals surface area contributed by atoms with Gasteiger partial charge in [-0.2, -0.15) is 0 Å². The molecule has 2 heteroatoms. The van der Waals surface area contributed by atoms with Crippen molar-refractivity contribution in [2.45, 2.75) is 66.2 Å². The molecule has 0 aliphatic heterocycles. The zero-order valence-corrected chi connectivity index (χ0v) is 21.7. The van der Waals surface area contributed by atoms with Crippen LogP contribution in [0.5, 0.6) is 0 Å². The molecule has 178 valence electrons. The summed E-state index contributed by atoms with van der Waals surface area (Å²) >= 11 is 0. The number of rotatable bonds is 4. The fourth-order valence-electron chi connectivity index (χ4n) is 6.34. The van der Waals surface area contributed by atoms with Crippen molar-refractivity contribution in [3.8, 4) is 0 Å². The van der Waals surface area contributed by atoms with Crippen LogP contribution >= 0.6 is 0 Å². The van der Waals surface area contributed by atoms with E-state index in [-0.39, 0.29) is 5.41 Å². The van der Waals surface area contributed by atoms with Gasteiger partial charge in [-0.1, -0.05) is 84.0 Å². The maximum Gasteiger partial charge on any atom is 0.0404 e. The highest BCUT2D eigenvalue weighted by atomic mass is 14.9. The van der Waals surface area contributed by atoms with E-state index in [0.29, 0.717) is 22.7 Å². The first kappa shape index (κ1) is 23.0. The first-order chi connectivity index (χ1) is 16.1. The maximum atomic E-state index is 3.69. The van der Waals surface area contributed by atoms with Crippen LogP contribution in [0.2, 0.25) is 0 Å². The Balaban J connectivity index is 1.32. The molecule has 3 aliphatic carbocycles. The molecule has 2 nitrogen and oxygen atoms in total. The summed E-state index contributed by atoms with van der Waals surface area (Å²) in [4.78, 5) is 0. The summed E-state index contributed by atoms with van der Waals surface area (Å²) in [5.74, 6) is 1.18. The second-order valence-corrected chi connectivity index (χ2v) is 12.5. The lowest BCUT2D eigenvalue weighted by molar-refractivity contribution is 0.0328. The molecule has 0 radical (unpaired) electrons. The highest BCUT2D eigenvalue weighted by molar-refractivity contribution is 5.62. The van der Waals surface area contributed by atoms with Gasteiger partial charge < -0.3 is 10.6 Å². The van der Waals surface area contributed by atoms with Gasteiger partial charge >= 0.3 is 0 Å². The molecule has 0 saturated heterocycles. The van der Waals surface area contributed by atoms with Crippen molar-refractivity contribution in [2.75, 3.05) is 10.6 Å². The summed E-state index contributed by atoms with van der Waals surface area (Å²) in [6.45, 7) is 14.4. The molecule has 2 unspecified atom stereocenters. The molecule has 0 spiro atoms. The second kappa shape index (κ2) is 8.18. The van der Waals surface area contributed by atoms with Gasteiger partial charge in [-0.05, 0) is 82.9 Å². The summed E-state index contributed by atoms with van der Waals surface area (Å²) in [7, 11) is 0. The van der Waals surface area contributed by atoms with E-state index in [9.17, 15) is 0 Å². The molecule has 5 rings (SSSR count). The van der Waals surface area contributed by atoms with Crippen LogP contribution in [0.25, 0.3) is 0 Å². The van der Waals surface area contributed by atoms with E-state index in [0.717, 1.165) is 17.8 Å². The monoisotopic (exact) mass is 452 g/mol. The zero-order chi connectivity index (χ0) is 24.1. The van der Waals surface area contributed by atoms with Crippen LogP contribution in [-0.2, 0) is 11.8 Å². The van der Waals surface area contributed by atoms with E-state index in [4.69, 9.17) is 0 Å². The Morgan fingerprint density at radius 3 is 2.29 bits per heavy atom. The Hall–Kier alpha value is -2.74. The third-order valence-corrected chi connectivity index (χ3v) is 8.89. The highest BCUT2D eigenvalue weighted by Gasteiger charge is 2.46. The number of fused-ring (bicyclic) bond motifs is 2. The standard InChI is InChI=1S/C32H40N2/c1-30(2)16-17-31(3,4)29-20-26(14-15-28(29)30)34-25-12-9-11-24(19-25)33-21-23-18-22-10-7-8-13-27(22)32(23,5)6/h7-15,19-21,28-29,33-34H,16-18H2,1-6H3/b23-21-. The molecule has 3 aliphatic rings. The van der Waals surface area contributed by atoms with E-state index in [2.05, 4.69) is 125 Å². The van der Waals surface area contributed by atoms with Gasteiger partial charge in [-0.25, -0.2) is 0 Å². The van der Waals surface area contributed by atoms with Crippen molar-refractivity contribution in [3.05, 3.63) is 95.4 Å². The van der Waals surface area contributed by atoms with Crippen molar-refractivity contribution in [1.29, 1.82) is 0 Å². The van der Waals surface area contributed by atoms with Crippen LogP contribution in [0.3, 0.4) is 0 Å². The molecular formula is C32H40N2. The van der Waals surface area contributed by atoms with Crippen LogP contribution in [0.4, 0.5) is 11.4 Å². The number of hydrogen-bond acceptors (Lipinski definition) is 2. The molecule has 1 saturated carbocycles. The fourth-order valence-corrected chi connectivity index (χ4v) is 6.34. The van der Waals surface area contributed by atoms with Gasteiger partial charge in [0.1, 0.15) is 0 Å². The molecule has 2 N–H and O–H groups in total. The maximum absolute atomic E-state index is 3.69. The average molecular weight is 453 g/mol. The molecule has 2 atom stereocenters. The predicted molar refractivity (Wildman–Crippen MR) is 146 cm³/mol. The zero-order valence-electron chi connectivity index (χ0n) is 21.7. The van der Waals surface area contributed by atoms with E-state index in [1.165, 1.54) is 35.2 Å². The third-order valence-electron chi connectivity index (χ3n) is 8.89. The molecule has 0 amide bonds.